The van der Waals surface area contributed by atoms with Crippen LogP contribution in [0, 0.1) is 0 Å². The molecule has 4 aromatic rings. The third-order valence-corrected chi connectivity index (χ3v) is 5.12. The predicted octanol–water partition coefficient (Wildman–Crippen LogP) is 4.87. The average molecular weight is 482 g/mol. The second-order valence-electron chi connectivity index (χ2n) is 7.42. The highest BCUT2D eigenvalue weighted by Crippen LogP contribution is 2.36. The number of amides is 2. The first kappa shape index (κ1) is 23.6. The number of anilines is 2. The number of alkyl halides is 3. The fraction of sp³-hybridized carbons (Fsp3) is 0.125. The Bertz CT molecular complexity index is 1300. The SMILES string of the molecule is COc1ccc(-c2nn(-c3ccc(C(F)(F)F)cc3)c(N)c2NC(=O)NCc2ccccn2)cc1. The standard InChI is InChI=1S/C24H21F3N6O2/c1-35-19-11-5-15(6-12-19)20-21(31-23(34)30-14-17-4-2-3-13-29-17)22(28)33(32-20)18-9-7-16(8-10-18)24(25,26)27/h2-13H,14,28H2,1H3,(H2,30,31,34). The van der Waals surface area contributed by atoms with E-state index in [-0.39, 0.29) is 18.1 Å². The predicted molar refractivity (Wildman–Crippen MR) is 125 cm³/mol. The highest BCUT2D eigenvalue weighted by Gasteiger charge is 2.30. The van der Waals surface area contributed by atoms with Crippen molar-refractivity contribution < 1.29 is 22.7 Å². The lowest BCUT2D eigenvalue weighted by Crippen LogP contribution is -2.29. The van der Waals surface area contributed by atoms with Gasteiger partial charge in [-0.3, -0.25) is 4.98 Å². The van der Waals surface area contributed by atoms with Crippen LogP contribution in [0.2, 0.25) is 0 Å². The van der Waals surface area contributed by atoms with Gasteiger partial charge in [0.15, 0.2) is 5.82 Å². The normalized spacial score (nSPS) is 11.2. The number of hydrogen-bond acceptors (Lipinski definition) is 5. The largest absolute Gasteiger partial charge is 0.497 e. The molecule has 0 aliphatic carbocycles. The Morgan fingerprint density at radius 3 is 2.37 bits per heavy atom. The number of nitrogens with two attached hydrogens (primary N) is 1. The van der Waals surface area contributed by atoms with E-state index in [1.54, 1.807) is 48.7 Å². The lowest BCUT2D eigenvalue weighted by Gasteiger charge is -2.10. The maximum absolute atomic E-state index is 13.0. The summed E-state index contributed by atoms with van der Waals surface area (Å²) < 4.78 is 45.4. The molecule has 4 rings (SSSR count). The summed E-state index contributed by atoms with van der Waals surface area (Å²) in [6.45, 7) is 0.178. The molecule has 0 spiro atoms. The fourth-order valence-electron chi connectivity index (χ4n) is 3.32. The van der Waals surface area contributed by atoms with Crippen molar-refractivity contribution in [3.63, 3.8) is 0 Å². The zero-order valence-corrected chi connectivity index (χ0v) is 18.5. The highest BCUT2D eigenvalue weighted by atomic mass is 19.4. The molecule has 0 saturated carbocycles. The Labute approximate surface area is 198 Å². The Morgan fingerprint density at radius 1 is 1.06 bits per heavy atom. The van der Waals surface area contributed by atoms with Crippen LogP contribution in [0.15, 0.2) is 72.9 Å². The molecule has 2 heterocycles. The molecule has 2 amide bonds. The molecular weight excluding hydrogens is 461 g/mol. The van der Waals surface area contributed by atoms with Crippen molar-refractivity contribution in [3.8, 4) is 22.7 Å². The number of hydrogen-bond donors (Lipinski definition) is 3. The molecular formula is C24H21F3N6O2. The van der Waals surface area contributed by atoms with Crippen molar-refractivity contribution in [1.82, 2.24) is 20.1 Å². The topological polar surface area (TPSA) is 107 Å². The molecule has 2 aromatic heterocycles. The van der Waals surface area contributed by atoms with E-state index < -0.39 is 17.8 Å². The Hall–Kier alpha value is -4.54. The molecule has 0 fully saturated rings. The van der Waals surface area contributed by atoms with Crippen LogP contribution in [0.4, 0.5) is 29.5 Å². The first-order valence-corrected chi connectivity index (χ1v) is 10.4. The van der Waals surface area contributed by atoms with Gasteiger partial charge in [0, 0.05) is 11.8 Å². The number of benzene rings is 2. The van der Waals surface area contributed by atoms with Gasteiger partial charge in [0.2, 0.25) is 0 Å². The number of carbonyl (C=O) groups is 1. The smallest absolute Gasteiger partial charge is 0.416 e. The number of aromatic nitrogens is 3. The monoisotopic (exact) mass is 482 g/mol. The number of ether oxygens (including phenoxy) is 1. The molecule has 2 aromatic carbocycles. The molecule has 0 unspecified atom stereocenters. The van der Waals surface area contributed by atoms with E-state index >= 15 is 0 Å². The van der Waals surface area contributed by atoms with Crippen molar-refractivity contribution in [2.45, 2.75) is 12.7 Å². The number of pyridine rings is 1. The van der Waals surface area contributed by atoms with Gasteiger partial charge in [0.1, 0.15) is 17.1 Å². The average Bonchev–Trinajstić information content (AvgIpc) is 3.18. The number of rotatable bonds is 6. The van der Waals surface area contributed by atoms with Gasteiger partial charge in [0.25, 0.3) is 0 Å². The van der Waals surface area contributed by atoms with Crippen LogP contribution in [0.5, 0.6) is 5.75 Å². The molecule has 0 bridgehead atoms. The molecule has 180 valence electrons. The second-order valence-corrected chi connectivity index (χ2v) is 7.42. The maximum Gasteiger partial charge on any atom is 0.416 e. The number of nitrogens with one attached hydrogen (secondary N) is 2. The number of nitrogen functional groups attached to an aromatic ring is 1. The van der Waals surface area contributed by atoms with E-state index in [4.69, 9.17) is 10.5 Å². The second kappa shape index (κ2) is 9.75. The van der Waals surface area contributed by atoms with Crippen LogP contribution >= 0.6 is 0 Å². The summed E-state index contributed by atoms with van der Waals surface area (Å²) in [4.78, 5) is 16.8. The van der Waals surface area contributed by atoms with Crippen molar-refractivity contribution in [1.29, 1.82) is 0 Å². The highest BCUT2D eigenvalue weighted by molar-refractivity contribution is 5.97. The van der Waals surface area contributed by atoms with Gasteiger partial charge in [-0.15, -0.1) is 0 Å². The molecule has 0 radical (unpaired) electrons. The zero-order chi connectivity index (χ0) is 25.0. The van der Waals surface area contributed by atoms with Crippen molar-refractivity contribution in [2.24, 2.45) is 0 Å². The van der Waals surface area contributed by atoms with Crippen LogP contribution in [0.1, 0.15) is 11.3 Å². The van der Waals surface area contributed by atoms with E-state index in [2.05, 4.69) is 20.7 Å². The summed E-state index contributed by atoms with van der Waals surface area (Å²) in [6.07, 6.45) is -2.86. The summed E-state index contributed by atoms with van der Waals surface area (Å²) >= 11 is 0. The lowest BCUT2D eigenvalue weighted by atomic mass is 10.1. The van der Waals surface area contributed by atoms with Gasteiger partial charge in [0.05, 0.1) is 30.6 Å². The molecule has 0 atom stereocenters. The van der Waals surface area contributed by atoms with Crippen LogP contribution in [0.3, 0.4) is 0 Å². The van der Waals surface area contributed by atoms with Gasteiger partial charge in [-0.1, -0.05) is 6.07 Å². The van der Waals surface area contributed by atoms with Gasteiger partial charge in [-0.25, -0.2) is 9.48 Å². The third-order valence-electron chi connectivity index (χ3n) is 5.12. The molecule has 0 aliphatic heterocycles. The van der Waals surface area contributed by atoms with Crippen LogP contribution in [0.25, 0.3) is 16.9 Å². The summed E-state index contributed by atoms with van der Waals surface area (Å²) in [7, 11) is 1.53. The van der Waals surface area contributed by atoms with E-state index in [0.29, 0.717) is 28.4 Å². The maximum atomic E-state index is 13.0. The van der Waals surface area contributed by atoms with E-state index in [0.717, 1.165) is 12.1 Å². The molecule has 0 aliphatic rings. The first-order valence-electron chi connectivity index (χ1n) is 10.4. The number of nitrogens with zero attached hydrogens (tertiary/aromatic N) is 3. The van der Waals surface area contributed by atoms with Gasteiger partial charge < -0.3 is 21.1 Å². The fourth-order valence-corrected chi connectivity index (χ4v) is 3.32. The minimum absolute atomic E-state index is 0.0450. The number of methoxy groups -OCH3 is 1. The minimum atomic E-state index is -4.47. The number of urea groups is 1. The van der Waals surface area contributed by atoms with Gasteiger partial charge >= 0.3 is 12.2 Å². The van der Waals surface area contributed by atoms with Crippen molar-refractivity contribution in [3.05, 3.63) is 84.2 Å². The molecule has 4 N–H and O–H groups in total. The molecule has 35 heavy (non-hydrogen) atoms. The summed E-state index contributed by atoms with van der Waals surface area (Å²) in [5, 5.41) is 9.88. The lowest BCUT2D eigenvalue weighted by molar-refractivity contribution is -0.137. The summed E-state index contributed by atoms with van der Waals surface area (Å²) in [5.74, 6) is 0.662. The number of halogens is 3. The third kappa shape index (κ3) is 5.35. The van der Waals surface area contributed by atoms with Crippen molar-refractivity contribution >= 4 is 17.5 Å². The first-order chi connectivity index (χ1) is 16.8. The zero-order valence-electron chi connectivity index (χ0n) is 18.5. The van der Waals surface area contributed by atoms with Gasteiger partial charge in [-0.2, -0.15) is 18.3 Å². The molecule has 8 nitrogen and oxygen atoms in total. The molecule has 11 heteroatoms. The van der Waals surface area contributed by atoms with Crippen LogP contribution in [-0.2, 0) is 12.7 Å². The van der Waals surface area contributed by atoms with E-state index in [1.807, 2.05) is 0 Å². The number of carbonyl (C=O) groups excluding carboxylic acids is 1. The van der Waals surface area contributed by atoms with Crippen LogP contribution in [-0.4, -0.2) is 27.9 Å². The van der Waals surface area contributed by atoms with Crippen LogP contribution < -0.4 is 21.1 Å². The van der Waals surface area contributed by atoms with E-state index in [9.17, 15) is 18.0 Å². The van der Waals surface area contributed by atoms with Gasteiger partial charge in [-0.05, 0) is 60.7 Å². The minimum Gasteiger partial charge on any atom is -0.497 e. The quantitative estimate of drug-likeness (QED) is 0.364. The van der Waals surface area contributed by atoms with Crippen molar-refractivity contribution in [2.75, 3.05) is 18.2 Å². The summed E-state index contributed by atoms with van der Waals surface area (Å²) in [5.41, 5.74) is 7.62. The summed E-state index contributed by atoms with van der Waals surface area (Å²) in [6, 6.07) is 16.1. The van der Waals surface area contributed by atoms with E-state index in [1.165, 1.54) is 23.9 Å². The Kier molecular flexibility index (Phi) is 6.58. The Balaban J connectivity index is 1.67. The molecule has 0 saturated heterocycles. The Morgan fingerprint density at radius 2 is 1.77 bits per heavy atom.